The van der Waals surface area contributed by atoms with Crippen molar-refractivity contribution in [1.82, 2.24) is 0 Å². The van der Waals surface area contributed by atoms with E-state index >= 15 is 0 Å². The number of carbonyl (C=O) groups is 1. The standard InChI is InChI=1S/C23H37Cl3O3/c1-13-6-7-19(27)22(5)9-8-16-14(2)10-15(20(28)29-12-23(24,25)26)18(11-17(13)22)21(16,3)4/h13-19,27H,6-12H2,1-5H3/t13-,14-,15?,16+,17-,18+,19?,22+/m1/s1. The molecular weight excluding hydrogens is 431 g/mol. The molecule has 0 heterocycles. The zero-order valence-electron chi connectivity index (χ0n) is 18.4. The summed E-state index contributed by atoms with van der Waals surface area (Å²) in [7, 11) is 0. The van der Waals surface area contributed by atoms with Crippen molar-refractivity contribution in [1.29, 1.82) is 0 Å². The highest BCUT2D eigenvalue weighted by atomic mass is 35.6. The molecule has 29 heavy (non-hydrogen) atoms. The van der Waals surface area contributed by atoms with E-state index in [1.165, 1.54) is 0 Å². The van der Waals surface area contributed by atoms with Gasteiger partial charge in [-0.3, -0.25) is 4.79 Å². The number of aliphatic hydroxyl groups excluding tert-OH is 1. The Morgan fingerprint density at radius 3 is 2.28 bits per heavy atom. The molecule has 0 saturated heterocycles. The van der Waals surface area contributed by atoms with Crippen molar-refractivity contribution in [2.24, 2.45) is 46.3 Å². The second kappa shape index (κ2) is 8.34. The third-order valence-electron chi connectivity index (χ3n) is 9.08. The molecule has 3 nitrogen and oxygen atoms in total. The van der Waals surface area contributed by atoms with E-state index in [-0.39, 0.29) is 41.3 Å². The third-order valence-corrected chi connectivity index (χ3v) is 9.41. The summed E-state index contributed by atoms with van der Waals surface area (Å²) in [6, 6.07) is 0. The first-order valence-corrected chi connectivity index (χ1v) is 12.3. The first-order chi connectivity index (χ1) is 13.3. The van der Waals surface area contributed by atoms with Crippen LogP contribution in [0.4, 0.5) is 0 Å². The lowest BCUT2D eigenvalue weighted by atomic mass is 9.46. The number of esters is 1. The molecule has 3 aliphatic rings. The normalized spacial score (nSPS) is 44.9. The summed E-state index contributed by atoms with van der Waals surface area (Å²) in [6.07, 6.45) is 5.65. The molecule has 3 rings (SSSR count). The van der Waals surface area contributed by atoms with Crippen LogP contribution < -0.4 is 0 Å². The van der Waals surface area contributed by atoms with E-state index in [1.807, 2.05) is 0 Å². The molecule has 8 atom stereocenters. The van der Waals surface area contributed by atoms with Crippen LogP contribution in [0, 0.1) is 46.3 Å². The summed E-state index contributed by atoms with van der Waals surface area (Å²) < 4.78 is 3.89. The van der Waals surface area contributed by atoms with Crippen LogP contribution in [-0.4, -0.2) is 27.6 Å². The van der Waals surface area contributed by atoms with Gasteiger partial charge in [-0.2, -0.15) is 0 Å². The van der Waals surface area contributed by atoms with Gasteiger partial charge in [0.05, 0.1) is 12.0 Å². The molecular formula is C23H37Cl3O3. The van der Waals surface area contributed by atoms with Gasteiger partial charge in [0, 0.05) is 0 Å². The smallest absolute Gasteiger partial charge is 0.309 e. The highest BCUT2D eigenvalue weighted by Crippen LogP contribution is 2.61. The topological polar surface area (TPSA) is 46.5 Å². The number of alkyl halides is 3. The maximum Gasteiger partial charge on any atom is 0.309 e. The summed E-state index contributed by atoms with van der Waals surface area (Å²) in [6.45, 7) is 11.3. The van der Waals surface area contributed by atoms with Crippen molar-refractivity contribution in [2.45, 2.75) is 83.0 Å². The summed E-state index contributed by atoms with van der Waals surface area (Å²) in [5, 5.41) is 11.0. The van der Waals surface area contributed by atoms with Crippen molar-refractivity contribution in [3.63, 3.8) is 0 Å². The van der Waals surface area contributed by atoms with E-state index in [0.29, 0.717) is 23.7 Å². The molecule has 0 aromatic rings. The highest BCUT2D eigenvalue weighted by molar-refractivity contribution is 6.67. The molecule has 0 aromatic carbocycles. The maximum atomic E-state index is 13.1. The number of fused-ring (bicyclic) bond motifs is 3. The second-order valence-electron chi connectivity index (χ2n) is 11.0. The van der Waals surface area contributed by atoms with Crippen molar-refractivity contribution in [3.05, 3.63) is 0 Å². The van der Waals surface area contributed by atoms with Crippen molar-refractivity contribution in [3.8, 4) is 0 Å². The van der Waals surface area contributed by atoms with Crippen LogP contribution in [0.2, 0.25) is 0 Å². The Morgan fingerprint density at radius 2 is 1.66 bits per heavy atom. The molecule has 3 aliphatic carbocycles. The Balaban J connectivity index is 1.93. The van der Waals surface area contributed by atoms with Gasteiger partial charge >= 0.3 is 5.97 Å². The molecule has 2 bridgehead atoms. The van der Waals surface area contributed by atoms with Gasteiger partial charge in [-0.25, -0.2) is 0 Å². The minimum Gasteiger partial charge on any atom is -0.461 e. The van der Waals surface area contributed by atoms with Gasteiger partial charge in [0.25, 0.3) is 0 Å². The number of halogens is 3. The number of hydrogen-bond donors (Lipinski definition) is 1. The van der Waals surface area contributed by atoms with Crippen LogP contribution in [0.5, 0.6) is 0 Å². The molecule has 6 heteroatoms. The number of aliphatic hydroxyl groups is 1. The first-order valence-electron chi connectivity index (χ1n) is 11.2. The molecule has 0 aliphatic heterocycles. The minimum atomic E-state index is -1.59. The Bertz CT molecular complexity index is 617. The summed E-state index contributed by atoms with van der Waals surface area (Å²) in [5.41, 5.74) is -0.0431. The van der Waals surface area contributed by atoms with Crippen LogP contribution >= 0.6 is 34.8 Å². The van der Waals surface area contributed by atoms with Crippen molar-refractivity contribution >= 4 is 40.8 Å². The van der Waals surface area contributed by atoms with Crippen LogP contribution in [-0.2, 0) is 9.53 Å². The van der Waals surface area contributed by atoms with Crippen LogP contribution in [0.1, 0.15) is 73.1 Å². The molecule has 0 spiro atoms. The van der Waals surface area contributed by atoms with Gasteiger partial charge in [-0.15, -0.1) is 0 Å². The monoisotopic (exact) mass is 466 g/mol. The molecule has 3 saturated carbocycles. The Labute approximate surface area is 191 Å². The Hall–Kier alpha value is 0.300. The van der Waals surface area contributed by atoms with Gasteiger partial charge in [-0.1, -0.05) is 69.4 Å². The zero-order valence-corrected chi connectivity index (χ0v) is 20.7. The predicted octanol–water partition coefficient (Wildman–Crippen LogP) is 6.41. The largest absolute Gasteiger partial charge is 0.461 e. The lowest BCUT2D eigenvalue weighted by Gasteiger charge is -2.59. The Morgan fingerprint density at radius 1 is 1.00 bits per heavy atom. The van der Waals surface area contributed by atoms with Crippen molar-refractivity contribution < 1.29 is 14.6 Å². The minimum absolute atomic E-state index is 0.0325. The number of ether oxygens (including phenoxy) is 1. The van der Waals surface area contributed by atoms with E-state index in [4.69, 9.17) is 39.5 Å². The Kier molecular flexibility index (Phi) is 6.89. The summed E-state index contributed by atoms with van der Waals surface area (Å²) >= 11 is 17.5. The molecule has 168 valence electrons. The molecule has 0 aromatic heterocycles. The molecule has 1 N–H and O–H groups in total. The van der Waals surface area contributed by atoms with E-state index in [9.17, 15) is 9.90 Å². The van der Waals surface area contributed by atoms with Gasteiger partial charge < -0.3 is 9.84 Å². The lowest BCUT2D eigenvalue weighted by molar-refractivity contribution is -0.169. The fourth-order valence-electron chi connectivity index (χ4n) is 7.34. The SMILES string of the molecule is C[C@@H]1CCC(O)[C@@]2(C)CC[C@H]3[C@H](C)CC(C(=O)OCC(Cl)(Cl)Cl)[C@H](C[C@H]12)C3(C)C. The van der Waals surface area contributed by atoms with Crippen LogP contribution in [0.15, 0.2) is 0 Å². The third kappa shape index (κ3) is 4.59. The molecule has 3 fully saturated rings. The summed E-state index contributed by atoms with van der Waals surface area (Å²) in [5.74, 6) is 1.71. The summed E-state index contributed by atoms with van der Waals surface area (Å²) in [4.78, 5) is 13.1. The van der Waals surface area contributed by atoms with Gasteiger partial charge in [0.15, 0.2) is 0 Å². The number of hydrogen-bond acceptors (Lipinski definition) is 3. The fraction of sp³-hybridized carbons (Fsp3) is 0.957. The second-order valence-corrected chi connectivity index (χ2v) is 13.5. The predicted molar refractivity (Wildman–Crippen MR) is 119 cm³/mol. The van der Waals surface area contributed by atoms with Crippen LogP contribution in [0.25, 0.3) is 0 Å². The molecule has 0 amide bonds. The van der Waals surface area contributed by atoms with Crippen molar-refractivity contribution in [2.75, 3.05) is 6.61 Å². The fourth-order valence-corrected chi connectivity index (χ4v) is 7.51. The average Bonchev–Trinajstić information content (AvgIpc) is 2.59. The van der Waals surface area contributed by atoms with Gasteiger partial charge in [0.1, 0.15) is 6.61 Å². The van der Waals surface area contributed by atoms with E-state index in [0.717, 1.165) is 38.5 Å². The molecule has 2 unspecified atom stereocenters. The average molecular weight is 468 g/mol. The molecule has 0 radical (unpaired) electrons. The zero-order chi connectivity index (χ0) is 21.8. The van der Waals surface area contributed by atoms with E-state index < -0.39 is 3.79 Å². The maximum absolute atomic E-state index is 13.1. The number of rotatable bonds is 2. The van der Waals surface area contributed by atoms with E-state index in [1.54, 1.807) is 0 Å². The van der Waals surface area contributed by atoms with Gasteiger partial charge in [-0.05, 0) is 78.9 Å². The quantitative estimate of drug-likeness (QED) is 0.377. The highest BCUT2D eigenvalue weighted by Gasteiger charge is 2.57. The van der Waals surface area contributed by atoms with Crippen LogP contribution in [0.3, 0.4) is 0 Å². The van der Waals surface area contributed by atoms with Gasteiger partial charge in [0.2, 0.25) is 3.79 Å². The lowest BCUT2D eigenvalue weighted by Crippen LogP contribution is -2.55. The first kappa shape index (κ1) is 24.0. The number of carbonyl (C=O) groups excluding carboxylic acids is 1. The van der Waals surface area contributed by atoms with E-state index in [2.05, 4.69) is 34.6 Å².